The normalized spacial score (nSPS) is 20.4. The minimum Gasteiger partial charge on any atom is -0.478 e. The van der Waals surface area contributed by atoms with Gasteiger partial charge >= 0.3 is 11.9 Å². The second kappa shape index (κ2) is 10.6. The Kier molecular flexibility index (Phi) is 9.15. The first-order valence-corrected chi connectivity index (χ1v) is 13.9. The molecule has 10 nitrogen and oxygen atoms in total. The van der Waals surface area contributed by atoms with Crippen LogP contribution in [-0.4, -0.2) is 53.9 Å². The second-order valence-corrected chi connectivity index (χ2v) is 15.0. The predicted octanol–water partition coefficient (Wildman–Crippen LogP) is 3.82. The van der Waals surface area contributed by atoms with Crippen molar-refractivity contribution in [3.8, 4) is 0 Å². The van der Waals surface area contributed by atoms with E-state index in [4.69, 9.17) is 9.16 Å². The zero-order valence-corrected chi connectivity index (χ0v) is 22.3. The number of nitrogens with one attached hydrogen (secondary N) is 1. The van der Waals surface area contributed by atoms with E-state index in [-0.39, 0.29) is 16.6 Å². The molecule has 34 heavy (non-hydrogen) atoms. The highest BCUT2D eigenvalue weighted by Crippen LogP contribution is 2.40. The average molecular weight is 497 g/mol. The lowest BCUT2D eigenvalue weighted by atomic mass is 9.76. The third-order valence-corrected chi connectivity index (χ3v) is 10.9. The van der Waals surface area contributed by atoms with Crippen LogP contribution in [0.15, 0.2) is 24.3 Å². The van der Waals surface area contributed by atoms with E-state index in [2.05, 4.69) is 39.2 Å². The summed E-state index contributed by atoms with van der Waals surface area (Å²) in [6.07, 6.45) is -0.473. The Morgan fingerprint density at radius 3 is 2.03 bits per heavy atom. The van der Waals surface area contributed by atoms with Crippen LogP contribution in [0.2, 0.25) is 18.1 Å². The van der Waals surface area contributed by atoms with E-state index >= 15 is 0 Å². The van der Waals surface area contributed by atoms with Gasteiger partial charge in [-0.2, -0.15) is 0 Å². The number of β-lactam (4-membered cyclic amide) rings is 1. The van der Waals surface area contributed by atoms with Crippen LogP contribution in [-0.2, 0) is 23.5 Å². The van der Waals surface area contributed by atoms with E-state index in [1.165, 1.54) is 19.1 Å². The minimum atomic E-state index is -2.13. The third kappa shape index (κ3) is 6.86. The molecule has 4 atom stereocenters. The van der Waals surface area contributed by atoms with Gasteiger partial charge in [0.25, 0.3) is 5.69 Å². The molecule has 0 aromatic heterocycles. The Balaban J connectivity index is 0.000000479. The molecule has 1 aromatic rings. The van der Waals surface area contributed by atoms with Crippen molar-refractivity contribution < 1.29 is 33.6 Å². The molecule has 0 aliphatic carbocycles. The molecule has 1 fully saturated rings. The zero-order chi connectivity index (χ0) is 26.6. The van der Waals surface area contributed by atoms with Gasteiger partial charge in [0.1, 0.15) is 0 Å². The summed E-state index contributed by atoms with van der Waals surface area (Å²) in [6, 6.07) is 5.60. The monoisotopic (exact) mass is 496 g/mol. The SMILES string of the molecule is CC(=O)O[C@@](C)(C(=O)O)[C@H]1NC(=O)[C@@H]1[C@@H](C)O[Si](C)(C)C(C)(C)C.Cc1ccc([N+](=O)[O-])cc1. The van der Waals surface area contributed by atoms with Crippen molar-refractivity contribution in [3.63, 3.8) is 0 Å². The maximum absolute atomic E-state index is 12.1. The number of hydrogen-bond acceptors (Lipinski definition) is 7. The fourth-order valence-corrected chi connectivity index (χ4v) is 4.71. The summed E-state index contributed by atoms with van der Waals surface area (Å²) in [6.45, 7) is 16.5. The number of nitro benzene ring substituents is 1. The lowest BCUT2D eigenvalue weighted by Gasteiger charge is -2.49. The smallest absolute Gasteiger partial charge is 0.350 e. The number of non-ortho nitro benzene ring substituents is 1. The van der Waals surface area contributed by atoms with Crippen molar-refractivity contribution in [2.45, 2.75) is 84.3 Å². The van der Waals surface area contributed by atoms with Crippen LogP contribution in [0.3, 0.4) is 0 Å². The van der Waals surface area contributed by atoms with Gasteiger partial charge in [0.15, 0.2) is 8.32 Å². The Labute approximate surface area is 201 Å². The minimum absolute atomic E-state index is 0.0387. The molecule has 0 radical (unpaired) electrons. The van der Waals surface area contributed by atoms with Gasteiger partial charge in [-0.25, -0.2) is 4.79 Å². The number of aliphatic carboxylic acids is 1. The summed E-state index contributed by atoms with van der Waals surface area (Å²) in [7, 11) is -2.13. The van der Waals surface area contributed by atoms with Gasteiger partial charge in [-0.15, -0.1) is 0 Å². The fraction of sp³-hybridized carbons (Fsp3) is 0.609. The molecule has 1 aromatic carbocycles. The standard InChI is InChI=1S/C16H29NO6Si.C7H7NO2/c1-9(23-24(7,8)15(3,4)5)11-12(17-13(11)19)16(6,14(20)21)22-10(2)18;1-6-2-4-7(5-3-6)8(9)10/h9,11-12H,1-8H3,(H,17,19)(H,20,21);2-5H,1H3/t9-,11-,12+,16-;/m1./s1. The molecule has 1 heterocycles. The van der Waals surface area contributed by atoms with E-state index in [0.717, 1.165) is 12.5 Å². The van der Waals surface area contributed by atoms with E-state index in [1.807, 2.05) is 6.92 Å². The van der Waals surface area contributed by atoms with Crippen molar-refractivity contribution in [1.82, 2.24) is 5.32 Å². The van der Waals surface area contributed by atoms with Crippen molar-refractivity contribution >= 4 is 31.9 Å². The predicted molar refractivity (Wildman–Crippen MR) is 129 cm³/mol. The summed E-state index contributed by atoms with van der Waals surface area (Å²) in [4.78, 5) is 44.7. The first kappa shape index (κ1) is 29.2. The Morgan fingerprint density at radius 2 is 1.68 bits per heavy atom. The third-order valence-electron chi connectivity index (χ3n) is 6.37. The molecule has 2 rings (SSSR count). The highest BCUT2D eigenvalue weighted by Gasteiger charge is 2.59. The van der Waals surface area contributed by atoms with Crippen molar-refractivity contribution in [2.24, 2.45) is 5.92 Å². The number of amides is 1. The molecule has 0 bridgehead atoms. The first-order valence-electron chi connectivity index (χ1n) is 11.0. The van der Waals surface area contributed by atoms with Crippen LogP contribution in [0.5, 0.6) is 0 Å². The number of benzene rings is 1. The summed E-state index contributed by atoms with van der Waals surface area (Å²) in [5, 5.41) is 22.1. The van der Waals surface area contributed by atoms with Gasteiger partial charge in [-0.05, 0) is 38.9 Å². The fourth-order valence-electron chi connectivity index (χ4n) is 3.28. The Morgan fingerprint density at radius 1 is 1.18 bits per heavy atom. The lowest BCUT2D eigenvalue weighted by molar-refractivity contribution is -0.384. The summed E-state index contributed by atoms with van der Waals surface area (Å²) in [5.41, 5.74) is -0.647. The highest BCUT2D eigenvalue weighted by atomic mass is 28.4. The summed E-state index contributed by atoms with van der Waals surface area (Å²) in [5.74, 6) is -2.98. The molecule has 1 amide bonds. The van der Waals surface area contributed by atoms with Crippen molar-refractivity contribution in [2.75, 3.05) is 0 Å². The maximum atomic E-state index is 12.1. The number of ether oxygens (including phenoxy) is 1. The number of aryl methyl sites for hydroxylation is 1. The molecular weight excluding hydrogens is 460 g/mol. The van der Waals surface area contributed by atoms with E-state index in [1.54, 1.807) is 19.1 Å². The molecule has 1 saturated heterocycles. The van der Waals surface area contributed by atoms with Gasteiger partial charge in [-0.3, -0.25) is 19.7 Å². The molecule has 0 unspecified atom stereocenters. The number of nitro groups is 1. The number of hydrogen-bond donors (Lipinski definition) is 2. The van der Waals surface area contributed by atoms with E-state index < -0.39 is 48.8 Å². The lowest BCUT2D eigenvalue weighted by Crippen LogP contribution is -2.73. The number of carboxylic acid groups (broad SMARTS) is 1. The molecule has 0 saturated carbocycles. The van der Waals surface area contributed by atoms with Gasteiger partial charge in [-0.1, -0.05) is 38.5 Å². The quantitative estimate of drug-likeness (QED) is 0.190. The van der Waals surface area contributed by atoms with Gasteiger partial charge in [0, 0.05) is 19.1 Å². The Bertz CT molecular complexity index is 926. The number of carbonyl (C=O) groups excluding carboxylic acids is 2. The van der Waals surface area contributed by atoms with Crippen LogP contribution >= 0.6 is 0 Å². The van der Waals surface area contributed by atoms with Gasteiger partial charge < -0.3 is 19.6 Å². The van der Waals surface area contributed by atoms with Crippen LogP contribution in [0.4, 0.5) is 5.69 Å². The Hall–Kier alpha value is -2.79. The largest absolute Gasteiger partial charge is 0.478 e. The molecular formula is C23H36N2O8Si. The summed E-state index contributed by atoms with van der Waals surface area (Å²) >= 11 is 0. The van der Waals surface area contributed by atoms with E-state index in [0.29, 0.717) is 0 Å². The van der Waals surface area contributed by atoms with Crippen LogP contribution in [0.1, 0.15) is 47.1 Å². The number of esters is 1. The molecule has 1 aliphatic heterocycles. The topological polar surface area (TPSA) is 145 Å². The molecule has 1 aliphatic rings. The van der Waals surface area contributed by atoms with Gasteiger partial charge in [0.2, 0.25) is 11.5 Å². The molecule has 2 N–H and O–H groups in total. The number of carbonyl (C=O) groups is 3. The van der Waals surface area contributed by atoms with E-state index in [9.17, 15) is 29.6 Å². The number of carboxylic acids is 1. The van der Waals surface area contributed by atoms with Crippen molar-refractivity contribution in [3.05, 3.63) is 39.9 Å². The maximum Gasteiger partial charge on any atom is 0.350 e. The number of nitrogens with zero attached hydrogens (tertiary/aromatic N) is 1. The molecule has 190 valence electrons. The van der Waals surface area contributed by atoms with Crippen LogP contribution in [0, 0.1) is 23.0 Å². The number of rotatable bonds is 7. The first-order chi connectivity index (χ1) is 15.3. The summed E-state index contributed by atoms with van der Waals surface area (Å²) < 4.78 is 11.3. The van der Waals surface area contributed by atoms with Crippen LogP contribution in [0.25, 0.3) is 0 Å². The molecule has 0 spiro atoms. The van der Waals surface area contributed by atoms with Crippen LogP contribution < -0.4 is 5.32 Å². The second-order valence-electron chi connectivity index (χ2n) is 10.2. The van der Waals surface area contributed by atoms with Gasteiger partial charge in [0.05, 0.1) is 23.0 Å². The highest BCUT2D eigenvalue weighted by molar-refractivity contribution is 6.74. The molecule has 11 heteroatoms. The van der Waals surface area contributed by atoms with Crippen molar-refractivity contribution in [1.29, 1.82) is 0 Å². The zero-order valence-electron chi connectivity index (χ0n) is 21.3. The average Bonchev–Trinajstić information content (AvgIpc) is 2.64.